The minimum absolute atomic E-state index is 0.609. The Hall–Kier alpha value is -2.50. The van der Waals surface area contributed by atoms with Gasteiger partial charge >= 0.3 is 0 Å². The van der Waals surface area contributed by atoms with Crippen LogP contribution in [0.2, 0.25) is 0 Å². The maximum atomic E-state index is 5.14. The van der Waals surface area contributed by atoms with Crippen LogP contribution in [0.3, 0.4) is 0 Å². The smallest absolute Gasteiger partial charge is 0.206 e. The molecule has 0 atom stereocenters. The Kier molecular flexibility index (Phi) is 5.09. The highest BCUT2D eigenvalue weighted by molar-refractivity contribution is 7.07. The Bertz CT molecular complexity index is 986. The maximum absolute atomic E-state index is 5.14. The summed E-state index contributed by atoms with van der Waals surface area (Å²) < 4.78 is 7.13. The van der Waals surface area contributed by atoms with Crippen molar-refractivity contribution in [2.75, 3.05) is 20.3 Å². The summed E-state index contributed by atoms with van der Waals surface area (Å²) in [5, 5.41) is 7.15. The third-order valence-corrected chi connectivity index (χ3v) is 5.33. The minimum atomic E-state index is 0.609. The molecular weight excluding hydrogens is 342 g/mol. The third-order valence-electron chi connectivity index (χ3n) is 4.48. The molecule has 0 aliphatic heterocycles. The Morgan fingerprint density at radius 1 is 1.04 bits per heavy atom. The van der Waals surface area contributed by atoms with E-state index >= 15 is 0 Å². The van der Waals surface area contributed by atoms with Crippen LogP contribution in [0, 0.1) is 0 Å². The highest BCUT2D eigenvalue weighted by Gasteiger charge is 2.18. The zero-order valence-electron chi connectivity index (χ0n) is 14.8. The van der Waals surface area contributed by atoms with E-state index in [2.05, 4.69) is 58.9 Å². The van der Waals surface area contributed by atoms with Crippen molar-refractivity contribution < 1.29 is 4.74 Å². The summed E-state index contributed by atoms with van der Waals surface area (Å²) in [7, 11) is 1.70. The van der Waals surface area contributed by atoms with Crippen LogP contribution in [0.25, 0.3) is 11.3 Å². The van der Waals surface area contributed by atoms with E-state index < -0.39 is 0 Å². The van der Waals surface area contributed by atoms with Gasteiger partial charge in [0.25, 0.3) is 0 Å². The number of nitrogens with zero attached hydrogens (tertiary/aromatic N) is 3. The topological polar surface area (TPSA) is 38.9 Å². The van der Waals surface area contributed by atoms with Gasteiger partial charge in [0, 0.05) is 23.6 Å². The molecule has 0 saturated heterocycles. The van der Waals surface area contributed by atoms with E-state index in [1.165, 1.54) is 11.1 Å². The molecule has 0 spiro atoms. The van der Waals surface area contributed by atoms with Crippen LogP contribution in [0.15, 0.2) is 70.1 Å². The van der Waals surface area contributed by atoms with Crippen molar-refractivity contribution in [3.8, 4) is 11.3 Å². The second-order valence-electron chi connectivity index (χ2n) is 6.16. The Morgan fingerprint density at radius 2 is 1.85 bits per heavy atom. The van der Waals surface area contributed by atoms with E-state index in [4.69, 9.17) is 9.84 Å². The van der Waals surface area contributed by atoms with Gasteiger partial charge in [-0.1, -0.05) is 54.6 Å². The van der Waals surface area contributed by atoms with Gasteiger partial charge in [-0.05, 0) is 18.4 Å². The molecule has 0 saturated carbocycles. The first-order chi connectivity index (χ1) is 12.9. The second-order valence-corrected chi connectivity index (χ2v) is 7.00. The quantitative estimate of drug-likeness (QED) is 0.632. The van der Waals surface area contributed by atoms with E-state index in [9.17, 15) is 0 Å². The summed E-state index contributed by atoms with van der Waals surface area (Å²) in [4.78, 5) is 5.59. The van der Waals surface area contributed by atoms with E-state index in [0.29, 0.717) is 13.2 Å². The lowest BCUT2D eigenvalue weighted by Gasteiger charge is -2.06. The van der Waals surface area contributed by atoms with E-state index in [1.807, 2.05) is 10.7 Å². The van der Waals surface area contributed by atoms with Crippen molar-refractivity contribution in [1.29, 1.82) is 0 Å². The van der Waals surface area contributed by atoms with Gasteiger partial charge in [0.1, 0.15) is 0 Å². The van der Waals surface area contributed by atoms with Gasteiger partial charge in [-0.3, -0.25) is 4.99 Å². The van der Waals surface area contributed by atoms with E-state index in [1.54, 1.807) is 18.4 Å². The molecule has 1 aliphatic carbocycles. The summed E-state index contributed by atoms with van der Waals surface area (Å²) in [6.07, 6.45) is 2.02. The first kappa shape index (κ1) is 16.9. The number of ether oxygens (including phenoxy) is 1. The fourth-order valence-electron chi connectivity index (χ4n) is 3.18. The number of fused-ring (bicyclic) bond motifs is 1. The zero-order chi connectivity index (χ0) is 17.8. The lowest BCUT2D eigenvalue weighted by Crippen LogP contribution is -2.15. The summed E-state index contributed by atoms with van der Waals surface area (Å²) >= 11 is 1.62. The summed E-state index contributed by atoms with van der Waals surface area (Å²) in [6.45, 7) is 1.24. The van der Waals surface area contributed by atoms with Crippen LogP contribution in [0.1, 0.15) is 17.5 Å². The second kappa shape index (κ2) is 7.81. The summed E-state index contributed by atoms with van der Waals surface area (Å²) in [5.74, 6) is 0. The van der Waals surface area contributed by atoms with Gasteiger partial charge < -0.3 is 4.74 Å². The molecule has 2 aromatic carbocycles. The van der Waals surface area contributed by atoms with Crippen molar-refractivity contribution in [1.82, 2.24) is 4.68 Å². The standard InChI is InChI=1S/C21H21N3OS/c1-25-14-13-22-21-24(20(15-26-21)17-8-3-2-4-9-17)23-19-12-11-16-7-5-6-10-18(16)19/h2-10,15H,11-14H2,1H3/b22-21?,23-19-. The van der Waals surface area contributed by atoms with Crippen LogP contribution in [0.5, 0.6) is 0 Å². The fourth-order valence-corrected chi connectivity index (χ4v) is 4.03. The maximum Gasteiger partial charge on any atom is 0.206 e. The van der Waals surface area contributed by atoms with Gasteiger partial charge in [0.2, 0.25) is 4.80 Å². The molecule has 5 heteroatoms. The molecule has 1 heterocycles. The van der Waals surface area contributed by atoms with Crippen molar-refractivity contribution >= 4 is 17.0 Å². The molecule has 0 unspecified atom stereocenters. The van der Waals surface area contributed by atoms with Gasteiger partial charge in [-0.15, -0.1) is 11.3 Å². The lowest BCUT2D eigenvalue weighted by atomic mass is 10.1. The van der Waals surface area contributed by atoms with Gasteiger partial charge in [-0.25, -0.2) is 4.68 Å². The molecular formula is C21H21N3OS. The Morgan fingerprint density at radius 3 is 2.69 bits per heavy atom. The van der Waals surface area contributed by atoms with Crippen LogP contribution in [-0.2, 0) is 11.2 Å². The average molecular weight is 363 g/mol. The number of aromatic nitrogens is 1. The molecule has 3 aromatic rings. The van der Waals surface area contributed by atoms with Crippen LogP contribution < -0.4 is 4.80 Å². The molecule has 26 heavy (non-hydrogen) atoms. The highest BCUT2D eigenvalue weighted by atomic mass is 32.1. The minimum Gasteiger partial charge on any atom is -0.383 e. The monoisotopic (exact) mass is 363 g/mol. The van der Waals surface area contributed by atoms with Crippen molar-refractivity contribution in [2.45, 2.75) is 12.8 Å². The summed E-state index contributed by atoms with van der Waals surface area (Å²) in [6, 6.07) is 18.9. The van der Waals surface area contributed by atoms with Crippen LogP contribution in [0.4, 0.5) is 0 Å². The largest absolute Gasteiger partial charge is 0.383 e. The normalized spacial score (nSPS) is 15.6. The highest BCUT2D eigenvalue weighted by Crippen LogP contribution is 2.24. The number of methoxy groups -OCH3 is 1. The molecule has 4 nitrogen and oxygen atoms in total. The van der Waals surface area contributed by atoms with Crippen molar-refractivity contribution in [3.05, 3.63) is 75.9 Å². The Balaban J connectivity index is 1.82. The number of aryl methyl sites for hydroxylation is 1. The van der Waals surface area contributed by atoms with Crippen LogP contribution >= 0.6 is 11.3 Å². The fraction of sp³-hybridized carbons (Fsp3) is 0.238. The number of hydrogen-bond acceptors (Lipinski definition) is 4. The molecule has 1 aliphatic rings. The van der Waals surface area contributed by atoms with Gasteiger partial charge in [-0.2, -0.15) is 5.10 Å². The van der Waals surface area contributed by atoms with Crippen molar-refractivity contribution in [3.63, 3.8) is 0 Å². The third kappa shape index (κ3) is 3.41. The zero-order valence-corrected chi connectivity index (χ0v) is 15.6. The first-order valence-electron chi connectivity index (χ1n) is 8.78. The van der Waals surface area contributed by atoms with E-state index in [0.717, 1.165) is 34.6 Å². The van der Waals surface area contributed by atoms with Crippen LogP contribution in [-0.4, -0.2) is 30.6 Å². The van der Waals surface area contributed by atoms with E-state index in [-0.39, 0.29) is 0 Å². The molecule has 1 aromatic heterocycles. The van der Waals surface area contributed by atoms with Gasteiger partial charge in [0.15, 0.2) is 0 Å². The Labute approximate surface area is 157 Å². The predicted octanol–water partition coefficient (Wildman–Crippen LogP) is 3.96. The van der Waals surface area contributed by atoms with Crippen molar-refractivity contribution in [2.24, 2.45) is 10.1 Å². The molecule has 0 N–H and O–H groups in total. The first-order valence-corrected chi connectivity index (χ1v) is 9.66. The molecule has 0 bridgehead atoms. The molecule has 0 radical (unpaired) electrons. The average Bonchev–Trinajstić information content (AvgIpc) is 3.28. The lowest BCUT2D eigenvalue weighted by molar-refractivity contribution is 0.207. The number of benzene rings is 2. The molecule has 0 fully saturated rings. The molecule has 4 rings (SSSR count). The number of rotatable bonds is 5. The molecule has 0 amide bonds. The summed E-state index contributed by atoms with van der Waals surface area (Å²) in [5.41, 5.74) is 5.98. The number of thiazole rings is 1. The number of hydrogen-bond donors (Lipinski definition) is 0. The predicted molar refractivity (Wildman–Crippen MR) is 107 cm³/mol. The van der Waals surface area contributed by atoms with Gasteiger partial charge in [0.05, 0.1) is 24.6 Å². The SMILES string of the molecule is COCCN=c1scc(-c2ccccc2)n1/N=C1/CCc2ccccc21. The molecule has 132 valence electrons.